The molecule has 0 radical (unpaired) electrons. The normalized spacial score (nSPS) is 13.2. The minimum Gasteiger partial charge on any atom is -0.497 e. The lowest BCUT2D eigenvalue weighted by Crippen LogP contribution is -2.43. The van der Waals surface area contributed by atoms with E-state index in [-0.39, 0.29) is 23.9 Å². The van der Waals surface area contributed by atoms with Gasteiger partial charge in [0.25, 0.3) is 0 Å². The van der Waals surface area contributed by atoms with Crippen LogP contribution in [0.1, 0.15) is 18.4 Å². The molecule has 42 heavy (non-hydrogen) atoms. The summed E-state index contributed by atoms with van der Waals surface area (Å²) in [6, 6.07) is 30.6. The van der Waals surface area contributed by atoms with E-state index in [4.69, 9.17) is 14.5 Å². The van der Waals surface area contributed by atoms with Crippen molar-refractivity contribution in [2.24, 2.45) is 0 Å². The number of amides is 2. The summed E-state index contributed by atoms with van der Waals surface area (Å²) in [7, 11) is 1.61. The monoisotopic (exact) mass is 578 g/mol. The number of nitriles is 1. The number of nitrogens with one attached hydrogen (secondary N) is 1. The number of benzene rings is 3. The van der Waals surface area contributed by atoms with Gasteiger partial charge >= 0.3 is 12.0 Å². The minimum atomic E-state index is -0.381. The van der Waals surface area contributed by atoms with Crippen molar-refractivity contribution in [3.63, 3.8) is 0 Å². The number of nitrogens with zero attached hydrogens (tertiary/aromatic N) is 3. The predicted molar refractivity (Wildman–Crippen MR) is 163 cm³/mol. The smallest absolute Gasteiger partial charge is 0.321 e. The van der Waals surface area contributed by atoms with E-state index in [9.17, 15) is 14.9 Å². The number of esters is 1. The van der Waals surface area contributed by atoms with Gasteiger partial charge in [-0.15, -0.1) is 0 Å². The zero-order valence-electron chi connectivity index (χ0n) is 23.2. The standard InChI is InChI=1S/C33H30N4O4S/c1-40-26-14-12-23(13-15-26)28-20-30(24-8-4-2-5-9-24)36-32(29(28)21-34)42-22-31(38)41-27-16-18-37(19-17-27)33(39)35-25-10-6-3-7-11-25/h2-15,20,27H,16-19,22H2,1H3,(H,35,39). The van der Waals surface area contributed by atoms with Crippen LogP contribution in [0, 0.1) is 11.3 Å². The van der Waals surface area contributed by atoms with E-state index in [1.165, 1.54) is 11.8 Å². The highest BCUT2D eigenvalue weighted by Gasteiger charge is 2.26. The van der Waals surface area contributed by atoms with Crippen molar-refractivity contribution in [1.82, 2.24) is 9.88 Å². The number of thioether (sulfide) groups is 1. The molecular formula is C33H30N4O4S. The molecule has 0 unspecified atom stereocenters. The zero-order chi connectivity index (χ0) is 29.3. The van der Waals surface area contributed by atoms with Crippen LogP contribution in [0.25, 0.3) is 22.4 Å². The number of likely N-dealkylation sites (tertiary alicyclic amines) is 1. The van der Waals surface area contributed by atoms with Crippen molar-refractivity contribution in [3.05, 3.63) is 96.6 Å². The lowest BCUT2D eigenvalue weighted by Gasteiger charge is -2.31. The molecule has 0 saturated carbocycles. The number of methoxy groups -OCH3 is 1. The number of aromatic nitrogens is 1. The summed E-state index contributed by atoms with van der Waals surface area (Å²) in [4.78, 5) is 31.9. The molecule has 1 N–H and O–H groups in total. The molecule has 1 saturated heterocycles. The maximum absolute atomic E-state index is 12.9. The molecule has 212 valence electrons. The van der Waals surface area contributed by atoms with Gasteiger partial charge in [0.2, 0.25) is 0 Å². The zero-order valence-corrected chi connectivity index (χ0v) is 24.0. The van der Waals surface area contributed by atoms with Gasteiger partial charge < -0.3 is 19.7 Å². The summed E-state index contributed by atoms with van der Waals surface area (Å²) in [5, 5.41) is 13.5. The van der Waals surface area contributed by atoms with Crippen LogP contribution in [-0.2, 0) is 9.53 Å². The fraction of sp³-hybridized carbons (Fsp3) is 0.212. The summed E-state index contributed by atoms with van der Waals surface area (Å²) in [5.74, 6) is 0.347. The van der Waals surface area contributed by atoms with Crippen LogP contribution in [0.5, 0.6) is 5.75 Å². The maximum Gasteiger partial charge on any atom is 0.321 e. The second-order valence-corrected chi connectivity index (χ2v) is 10.7. The Balaban J connectivity index is 1.25. The van der Waals surface area contributed by atoms with Gasteiger partial charge in [0.15, 0.2) is 0 Å². The van der Waals surface area contributed by atoms with Gasteiger partial charge in [-0.05, 0) is 35.9 Å². The van der Waals surface area contributed by atoms with E-state index in [1.54, 1.807) is 12.0 Å². The van der Waals surface area contributed by atoms with Crippen LogP contribution in [0.2, 0.25) is 0 Å². The van der Waals surface area contributed by atoms with E-state index in [0.717, 1.165) is 28.1 Å². The van der Waals surface area contributed by atoms with Crippen molar-refractivity contribution in [3.8, 4) is 34.2 Å². The predicted octanol–water partition coefficient (Wildman–Crippen LogP) is 6.63. The third-order valence-corrected chi connectivity index (χ3v) is 7.90. The molecular weight excluding hydrogens is 548 g/mol. The molecule has 4 aromatic rings. The first-order chi connectivity index (χ1) is 20.5. The summed E-state index contributed by atoms with van der Waals surface area (Å²) < 4.78 is 11.0. The molecule has 2 heterocycles. The topological polar surface area (TPSA) is 105 Å². The van der Waals surface area contributed by atoms with Gasteiger partial charge in [0.05, 0.1) is 24.1 Å². The lowest BCUT2D eigenvalue weighted by atomic mass is 9.99. The maximum atomic E-state index is 12.9. The number of anilines is 1. The summed E-state index contributed by atoms with van der Waals surface area (Å²) in [5.41, 5.74) is 4.33. The highest BCUT2D eigenvalue weighted by atomic mass is 32.2. The Labute approximate surface area is 249 Å². The first kappa shape index (κ1) is 28.7. The molecule has 0 aliphatic carbocycles. The molecule has 8 nitrogen and oxygen atoms in total. The molecule has 1 aromatic heterocycles. The van der Waals surface area contributed by atoms with Crippen LogP contribution in [-0.4, -0.2) is 53.9 Å². The van der Waals surface area contributed by atoms with Gasteiger partial charge in [0, 0.05) is 42.7 Å². The van der Waals surface area contributed by atoms with Gasteiger partial charge in [-0.25, -0.2) is 9.78 Å². The number of para-hydroxylation sites is 1. The Morgan fingerprint density at radius 2 is 1.64 bits per heavy atom. The Kier molecular flexibility index (Phi) is 9.37. The molecule has 1 aliphatic rings. The van der Waals surface area contributed by atoms with Crippen molar-refractivity contribution in [2.75, 3.05) is 31.3 Å². The molecule has 1 fully saturated rings. The highest BCUT2D eigenvalue weighted by molar-refractivity contribution is 7.99. The number of carbonyl (C=O) groups excluding carboxylic acids is 2. The van der Waals surface area contributed by atoms with Gasteiger partial charge in [-0.2, -0.15) is 5.26 Å². The number of piperidine rings is 1. The van der Waals surface area contributed by atoms with Gasteiger partial charge in [-0.3, -0.25) is 4.79 Å². The average molecular weight is 579 g/mol. The number of hydrogen-bond donors (Lipinski definition) is 1. The first-order valence-electron chi connectivity index (χ1n) is 13.6. The third-order valence-electron chi connectivity index (χ3n) is 6.95. The average Bonchev–Trinajstić information content (AvgIpc) is 3.04. The van der Waals surface area contributed by atoms with Crippen LogP contribution < -0.4 is 10.1 Å². The van der Waals surface area contributed by atoms with Crippen molar-refractivity contribution in [1.29, 1.82) is 5.26 Å². The van der Waals surface area contributed by atoms with E-state index >= 15 is 0 Å². The Bertz CT molecular complexity index is 1570. The lowest BCUT2D eigenvalue weighted by molar-refractivity contribution is -0.147. The van der Waals surface area contributed by atoms with E-state index in [0.29, 0.717) is 42.2 Å². The van der Waals surface area contributed by atoms with Crippen LogP contribution in [0.3, 0.4) is 0 Å². The van der Waals surface area contributed by atoms with E-state index < -0.39 is 0 Å². The number of urea groups is 1. The Hall–Kier alpha value is -4.81. The quantitative estimate of drug-likeness (QED) is 0.185. The highest BCUT2D eigenvalue weighted by Crippen LogP contribution is 2.35. The van der Waals surface area contributed by atoms with Crippen LogP contribution in [0.4, 0.5) is 10.5 Å². The van der Waals surface area contributed by atoms with Gasteiger partial charge in [-0.1, -0.05) is 72.4 Å². The number of ether oxygens (including phenoxy) is 2. The first-order valence-corrected chi connectivity index (χ1v) is 14.6. The molecule has 0 atom stereocenters. The number of rotatable bonds is 8. The minimum absolute atomic E-state index is 0.0106. The Morgan fingerprint density at radius 3 is 2.29 bits per heavy atom. The summed E-state index contributed by atoms with van der Waals surface area (Å²) in [6.07, 6.45) is 0.851. The van der Waals surface area contributed by atoms with E-state index in [2.05, 4.69) is 11.4 Å². The summed E-state index contributed by atoms with van der Waals surface area (Å²) in [6.45, 7) is 0.989. The van der Waals surface area contributed by atoms with Crippen molar-refractivity contribution >= 4 is 29.4 Å². The molecule has 5 rings (SSSR count). The SMILES string of the molecule is COc1ccc(-c2cc(-c3ccccc3)nc(SCC(=O)OC3CCN(C(=O)Nc4ccccc4)CC3)c2C#N)cc1. The van der Waals surface area contributed by atoms with Crippen molar-refractivity contribution < 1.29 is 19.1 Å². The van der Waals surface area contributed by atoms with Crippen LogP contribution >= 0.6 is 11.8 Å². The van der Waals surface area contributed by atoms with E-state index in [1.807, 2.05) is 91.0 Å². The fourth-order valence-electron chi connectivity index (χ4n) is 4.74. The number of hydrogen-bond acceptors (Lipinski definition) is 7. The number of carbonyl (C=O) groups is 2. The third kappa shape index (κ3) is 7.09. The summed E-state index contributed by atoms with van der Waals surface area (Å²) >= 11 is 1.19. The second kappa shape index (κ2) is 13.7. The molecule has 9 heteroatoms. The molecule has 3 aromatic carbocycles. The van der Waals surface area contributed by atoms with Gasteiger partial charge in [0.1, 0.15) is 22.9 Å². The van der Waals surface area contributed by atoms with Crippen LogP contribution in [0.15, 0.2) is 96.0 Å². The van der Waals surface area contributed by atoms with Crippen molar-refractivity contribution in [2.45, 2.75) is 24.0 Å². The Morgan fingerprint density at radius 1 is 0.976 bits per heavy atom. The molecule has 0 bridgehead atoms. The fourth-order valence-corrected chi connectivity index (χ4v) is 5.52. The molecule has 0 spiro atoms. The second-order valence-electron chi connectivity index (χ2n) is 9.70. The largest absolute Gasteiger partial charge is 0.497 e. The molecule has 2 amide bonds. The number of pyridine rings is 1. The molecule has 1 aliphatic heterocycles.